The summed E-state index contributed by atoms with van der Waals surface area (Å²) in [6.07, 6.45) is 7.58. The molecular formula is C15H29NO. The van der Waals surface area contributed by atoms with Gasteiger partial charge >= 0.3 is 0 Å². The summed E-state index contributed by atoms with van der Waals surface area (Å²) in [6, 6.07) is 0.649. The molecule has 0 spiro atoms. The Morgan fingerprint density at radius 1 is 1.24 bits per heavy atom. The summed E-state index contributed by atoms with van der Waals surface area (Å²) in [5.41, 5.74) is 0.313. The topological polar surface area (TPSA) is 21.3 Å². The number of nitrogens with one attached hydrogen (secondary N) is 1. The Bertz CT molecular complexity index is 251. The molecule has 2 heteroatoms. The molecule has 0 saturated heterocycles. The number of rotatable bonds is 4. The van der Waals surface area contributed by atoms with E-state index in [0.717, 1.165) is 12.5 Å². The van der Waals surface area contributed by atoms with Crippen LogP contribution in [0.2, 0.25) is 0 Å². The van der Waals surface area contributed by atoms with Gasteiger partial charge in [0.05, 0.1) is 12.2 Å². The van der Waals surface area contributed by atoms with Crippen LogP contribution in [0.5, 0.6) is 0 Å². The minimum absolute atomic E-state index is 0.313. The molecule has 4 atom stereocenters. The summed E-state index contributed by atoms with van der Waals surface area (Å²) in [5.74, 6) is 0.762. The van der Waals surface area contributed by atoms with Crippen LogP contribution in [0, 0.1) is 11.3 Å². The van der Waals surface area contributed by atoms with Crippen LogP contribution in [-0.4, -0.2) is 24.8 Å². The lowest BCUT2D eigenvalue weighted by molar-refractivity contribution is -0.165. The van der Waals surface area contributed by atoms with Crippen molar-refractivity contribution in [2.24, 2.45) is 11.3 Å². The summed E-state index contributed by atoms with van der Waals surface area (Å²) in [4.78, 5) is 0. The zero-order valence-electron chi connectivity index (χ0n) is 12.0. The van der Waals surface area contributed by atoms with Crippen molar-refractivity contribution in [1.29, 1.82) is 0 Å². The zero-order chi connectivity index (χ0) is 12.5. The van der Waals surface area contributed by atoms with Gasteiger partial charge in [-0.05, 0) is 31.7 Å². The van der Waals surface area contributed by atoms with Crippen molar-refractivity contribution in [2.45, 2.75) is 78.0 Å². The Morgan fingerprint density at radius 2 is 1.94 bits per heavy atom. The van der Waals surface area contributed by atoms with Crippen LogP contribution in [0.15, 0.2) is 0 Å². The lowest BCUT2D eigenvalue weighted by Crippen LogP contribution is -2.61. The molecule has 0 amide bonds. The average molecular weight is 239 g/mol. The van der Waals surface area contributed by atoms with Crippen LogP contribution in [-0.2, 0) is 4.74 Å². The summed E-state index contributed by atoms with van der Waals surface area (Å²) in [5, 5.41) is 3.57. The van der Waals surface area contributed by atoms with Gasteiger partial charge in [0, 0.05) is 11.5 Å². The standard InChI is InChI=1S/C15H29NO/c1-5-16-13-10-14(15(13,3)4)17-12-9-7-6-8-11(12)2/h11-14,16H,5-10H2,1-4H3. The molecule has 0 aromatic carbocycles. The van der Waals surface area contributed by atoms with Gasteiger partial charge in [0.1, 0.15) is 0 Å². The van der Waals surface area contributed by atoms with Crippen LogP contribution >= 0.6 is 0 Å². The van der Waals surface area contributed by atoms with Crippen molar-refractivity contribution < 1.29 is 4.74 Å². The van der Waals surface area contributed by atoms with Crippen molar-refractivity contribution in [1.82, 2.24) is 5.32 Å². The minimum atomic E-state index is 0.313. The molecule has 2 nitrogen and oxygen atoms in total. The molecule has 0 aromatic rings. The molecule has 0 aromatic heterocycles. The molecule has 2 aliphatic rings. The van der Waals surface area contributed by atoms with E-state index in [1.54, 1.807) is 0 Å². The highest BCUT2D eigenvalue weighted by molar-refractivity contribution is 5.03. The fourth-order valence-electron chi connectivity index (χ4n) is 3.40. The Balaban J connectivity index is 1.84. The molecule has 0 radical (unpaired) electrons. The third-order valence-corrected chi connectivity index (χ3v) is 5.00. The van der Waals surface area contributed by atoms with Gasteiger partial charge in [-0.15, -0.1) is 0 Å². The van der Waals surface area contributed by atoms with Crippen LogP contribution in [0.3, 0.4) is 0 Å². The van der Waals surface area contributed by atoms with E-state index in [1.165, 1.54) is 32.1 Å². The van der Waals surface area contributed by atoms with E-state index in [2.05, 4.69) is 33.0 Å². The SMILES string of the molecule is CCNC1CC(OC2CCCCC2C)C1(C)C. The predicted octanol–water partition coefficient (Wildman–Crippen LogP) is 3.36. The van der Waals surface area contributed by atoms with Crippen molar-refractivity contribution in [3.8, 4) is 0 Å². The first kappa shape index (κ1) is 13.4. The van der Waals surface area contributed by atoms with Gasteiger partial charge in [-0.3, -0.25) is 0 Å². The summed E-state index contributed by atoms with van der Waals surface area (Å²) < 4.78 is 6.39. The predicted molar refractivity (Wildman–Crippen MR) is 72.2 cm³/mol. The Labute approximate surface area is 107 Å². The molecule has 4 unspecified atom stereocenters. The minimum Gasteiger partial charge on any atom is -0.374 e. The van der Waals surface area contributed by atoms with Crippen molar-refractivity contribution >= 4 is 0 Å². The first-order valence-electron chi connectivity index (χ1n) is 7.44. The second-order valence-corrected chi connectivity index (χ2v) is 6.59. The number of hydrogen-bond acceptors (Lipinski definition) is 2. The van der Waals surface area contributed by atoms with Gasteiger partial charge in [-0.1, -0.05) is 40.5 Å². The van der Waals surface area contributed by atoms with Crippen LogP contribution in [0.25, 0.3) is 0 Å². The van der Waals surface area contributed by atoms with Crippen molar-refractivity contribution in [3.05, 3.63) is 0 Å². The van der Waals surface area contributed by atoms with E-state index in [1.807, 2.05) is 0 Å². The second kappa shape index (κ2) is 5.27. The first-order chi connectivity index (χ1) is 8.05. The van der Waals surface area contributed by atoms with Gasteiger partial charge in [-0.25, -0.2) is 0 Å². The molecule has 17 heavy (non-hydrogen) atoms. The molecular weight excluding hydrogens is 210 g/mol. The van der Waals surface area contributed by atoms with Crippen LogP contribution < -0.4 is 5.32 Å². The fraction of sp³-hybridized carbons (Fsp3) is 1.00. The Kier molecular flexibility index (Phi) is 4.14. The Morgan fingerprint density at radius 3 is 2.53 bits per heavy atom. The van der Waals surface area contributed by atoms with Gasteiger partial charge in [0.2, 0.25) is 0 Å². The smallest absolute Gasteiger partial charge is 0.0659 e. The quantitative estimate of drug-likeness (QED) is 0.812. The first-order valence-corrected chi connectivity index (χ1v) is 7.44. The fourth-order valence-corrected chi connectivity index (χ4v) is 3.40. The summed E-state index contributed by atoms with van der Waals surface area (Å²) in [7, 11) is 0. The van der Waals surface area contributed by atoms with E-state index in [0.29, 0.717) is 23.7 Å². The van der Waals surface area contributed by atoms with Gasteiger partial charge in [0.25, 0.3) is 0 Å². The third kappa shape index (κ3) is 2.68. The maximum Gasteiger partial charge on any atom is 0.0659 e. The van der Waals surface area contributed by atoms with Crippen molar-refractivity contribution in [3.63, 3.8) is 0 Å². The van der Waals surface area contributed by atoms with Crippen LogP contribution in [0.4, 0.5) is 0 Å². The molecule has 0 aliphatic heterocycles. The molecule has 100 valence electrons. The van der Waals surface area contributed by atoms with Gasteiger partial charge in [-0.2, -0.15) is 0 Å². The lowest BCUT2D eigenvalue weighted by Gasteiger charge is -2.53. The molecule has 0 heterocycles. The van der Waals surface area contributed by atoms with E-state index >= 15 is 0 Å². The van der Waals surface area contributed by atoms with E-state index in [9.17, 15) is 0 Å². The van der Waals surface area contributed by atoms with Crippen LogP contribution in [0.1, 0.15) is 59.8 Å². The highest BCUT2D eigenvalue weighted by atomic mass is 16.5. The summed E-state index contributed by atoms with van der Waals surface area (Å²) in [6.45, 7) is 10.3. The maximum absolute atomic E-state index is 6.39. The van der Waals surface area contributed by atoms with E-state index in [4.69, 9.17) is 4.74 Å². The molecule has 2 saturated carbocycles. The lowest BCUT2D eigenvalue weighted by atomic mass is 9.64. The summed E-state index contributed by atoms with van der Waals surface area (Å²) >= 11 is 0. The van der Waals surface area contributed by atoms with Gasteiger partial charge in [0.15, 0.2) is 0 Å². The molecule has 2 rings (SSSR count). The van der Waals surface area contributed by atoms with Gasteiger partial charge < -0.3 is 10.1 Å². The zero-order valence-corrected chi connectivity index (χ0v) is 12.0. The Hall–Kier alpha value is -0.0800. The largest absolute Gasteiger partial charge is 0.374 e. The van der Waals surface area contributed by atoms with E-state index in [-0.39, 0.29) is 0 Å². The third-order valence-electron chi connectivity index (χ3n) is 5.00. The van der Waals surface area contributed by atoms with Crippen molar-refractivity contribution in [2.75, 3.05) is 6.54 Å². The maximum atomic E-state index is 6.39. The second-order valence-electron chi connectivity index (χ2n) is 6.59. The number of hydrogen-bond donors (Lipinski definition) is 1. The molecule has 1 N–H and O–H groups in total. The highest BCUT2D eigenvalue weighted by Crippen LogP contribution is 2.44. The molecule has 2 fully saturated rings. The monoisotopic (exact) mass is 239 g/mol. The number of ether oxygens (including phenoxy) is 1. The normalized spacial score (nSPS) is 40.9. The molecule has 0 bridgehead atoms. The average Bonchev–Trinajstić information content (AvgIpc) is 2.30. The van der Waals surface area contributed by atoms with E-state index < -0.39 is 0 Å². The highest BCUT2D eigenvalue weighted by Gasteiger charge is 2.49. The molecule has 2 aliphatic carbocycles.